The minimum atomic E-state index is -0.341. The van der Waals surface area contributed by atoms with Gasteiger partial charge < -0.3 is 10.4 Å². The molecule has 0 saturated heterocycles. The number of carbonyl (C=O) groups is 1. The maximum Gasteiger partial charge on any atom is 0.252 e. The molecule has 2 N–H and O–H groups in total. The van der Waals surface area contributed by atoms with Crippen LogP contribution in [0.2, 0.25) is 0 Å². The lowest BCUT2D eigenvalue weighted by Gasteiger charge is -2.09. The van der Waals surface area contributed by atoms with Crippen LogP contribution in [0.5, 0.6) is 0 Å². The first-order chi connectivity index (χ1) is 7.65. The molecule has 0 aliphatic carbocycles. The Balaban J connectivity index is 2.44. The minimum Gasteiger partial charge on any atom is -0.393 e. The maximum absolute atomic E-state index is 11.7. The van der Waals surface area contributed by atoms with Crippen molar-refractivity contribution in [2.75, 3.05) is 6.54 Å². The van der Waals surface area contributed by atoms with Gasteiger partial charge in [-0.25, -0.2) is 0 Å². The van der Waals surface area contributed by atoms with Gasteiger partial charge in [0, 0.05) is 11.4 Å². The molecule has 0 fully saturated rings. The van der Waals surface area contributed by atoms with Crippen LogP contribution in [0.15, 0.2) is 29.2 Å². The highest BCUT2D eigenvalue weighted by Crippen LogP contribution is 2.12. The number of hydrogen-bond acceptors (Lipinski definition) is 3. The molecule has 0 saturated carbocycles. The minimum absolute atomic E-state index is 0.145. The molecule has 0 aliphatic heterocycles. The topological polar surface area (TPSA) is 49.3 Å². The Hall–Kier alpha value is -1.00. The van der Waals surface area contributed by atoms with Gasteiger partial charge in [0.15, 0.2) is 0 Å². The molecule has 1 rings (SSSR count). The monoisotopic (exact) mass is 239 g/mol. The van der Waals surface area contributed by atoms with E-state index in [0.717, 1.165) is 0 Å². The van der Waals surface area contributed by atoms with Gasteiger partial charge in [-0.3, -0.25) is 4.79 Å². The summed E-state index contributed by atoms with van der Waals surface area (Å²) in [7, 11) is 0. The van der Waals surface area contributed by atoms with Gasteiger partial charge >= 0.3 is 0 Å². The predicted molar refractivity (Wildman–Crippen MR) is 66.9 cm³/mol. The van der Waals surface area contributed by atoms with Crippen molar-refractivity contribution in [3.05, 3.63) is 29.8 Å². The van der Waals surface area contributed by atoms with E-state index in [4.69, 9.17) is 0 Å². The Morgan fingerprint density at radius 3 is 2.81 bits per heavy atom. The number of hydrogen-bond donors (Lipinski definition) is 3. The van der Waals surface area contributed by atoms with Crippen LogP contribution in [0.25, 0.3) is 0 Å². The molecule has 1 amide bonds. The van der Waals surface area contributed by atoms with Crippen molar-refractivity contribution in [2.24, 2.45) is 0 Å². The highest BCUT2D eigenvalue weighted by molar-refractivity contribution is 7.80. The van der Waals surface area contributed by atoms with Crippen molar-refractivity contribution in [3.8, 4) is 0 Å². The summed E-state index contributed by atoms with van der Waals surface area (Å²) in [5.41, 5.74) is 0.567. The van der Waals surface area contributed by atoms with Crippen LogP contribution in [-0.4, -0.2) is 23.7 Å². The van der Waals surface area contributed by atoms with Gasteiger partial charge in [0.05, 0.1) is 11.7 Å². The van der Waals surface area contributed by atoms with Crippen LogP contribution >= 0.6 is 12.6 Å². The van der Waals surface area contributed by atoms with Crippen LogP contribution in [-0.2, 0) is 0 Å². The zero-order chi connectivity index (χ0) is 12.0. The maximum atomic E-state index is 11.7. The largest absolute Gasteiger partial charge is 0.393 e. The lowest BCUT2D eigenvalue weighted by Crippen LogP contribution is -2.27. The summed E-state index contributed by atoms with van der Waals surface area (Å²) in [6.45, 7) is 2.39. The molecule has 0 aromatic heterocycles. The highest BCUT2D eigenvalue weighted by Gasteiger charge is 2.08. The number of thiol groups is 1. The molecule has 1 atom stereocenters. The van der Waals surface area contributed by atoms with Crippen molar-refractivity contribution >= 4 is 18.5 Å². The number of amides is 1. The summed E-state index contributed by atoms with van der Waals surface area (Å²) in [4.78, 5) is 12.4. The van der Waals surface area contributed by atoms with E-state index in [0.29, 0.717) is 29.8 Å². The van der Waals surface area contributed by atoms with Crippen molar-refractivity contribution in [1.29, 1.82) is 0 Å². The Morgan fingerprint density at radius 2 is 2.19 bits per heavy atom. The number of nitrogens with one attached hydrogen (secondary N) is 1. The van der Waals surface area contributed by atoms with E-state index in [1.165, 1.54) is 0 Å². The van der Waals surface area contributed by atoms with Crippen LogP contribution in [0.1, 0.15) is 30.1 Å². The quantitative estimate of drug-likeness (QED) is 0.687. The van der Waals surface area contributed by atoms with Crippen LogP contribution in [0.3, 0.4) is 0 Å². The molecule has 0 bridgehead atoms. The number of benzene rings is 1. The van der Waals surface area contributed by atoms with E-state index < -0.39 is 0 Å². The molecule has 0 radical (unpaired) electrons. The summed E-state index contributed by atoms with van der Waals surface area (Å²) in [5, 5.41) is 12.1. The molecular formula is C12H17NO2S. The third-order valence-electron chi connectivity index (χ3n) is 2.38. The highest BCUT2D eigenvalue weighted by atomic mass is 32.1. The molecule has 1 aromatic rings. The fourth-order valence-corrected chi connectivity index (χ4v) is 1.58. The van der Waals surface area contributed by atoms with Gasteiger partial charge in [-0.1, -0.05) is 19.1 Å². The molecule has 1 unspecified atom stereocenters. The van der Waals surface area contributed by atoms with Crippen molar-refractivity contribution in [1.82, 2.24) is 5.32 Å². The van der Waals surface area contributed by atoms with Gasteiger partial charge in [0.25, 0.3) is 5.91 Å². The van der Waals surface area contributed by atoms with Crippen molar-refractivity contribution in [2.45, 2.75) is 30.8 Å². The Labute approximate surface area is 101 Å². The van der Waals surface area contributed by atoms with E-state index >= 15 is 0 Å². The Bertz CT molecular complexity index is 355. The number of rotatable bonds is 5. The summed E-state index contributed by atoms with van der Waals surface area (Å²) in [5.74, 6) is -0.145. The van der Waals surface area contributed by atoms with E-state index in [1.807, 2.05) is 13.0 Å². The second-order valence-electron chi connectivity index (χ2n) is 3.62. The second-order valence-corrected chi connectivity index (χ2v) is 4.11. The molecule has 88 valence electrons. The first-order valence-electron chi connectivity index (χ1n) is 5.39. The van der Waals surface area contributed by atoms with E-state index in [1.54, 1.807) is 18.2 Å². The molecule has 3 nitrogen and oxygen atoms in total. The molecule has 0 aliphatic rings. The fourth-order valence-electron chi connectivity index (χ4n) is 1.32. The summed E-state index contributed by atoms with van der Waals surface area (Å²) in [6.07, 6.45) is 0.947. The lowest BCUT2D eigenvalue weighted by molar-refractivity contribution is 0.0939. The third-order valence-corrected chi connectivity index (χ3v) is 2.77. The molecular weight excluding hydrogens is 222 g/mol. The Morgan fingerprint density at radius 1 is 1.50 bits per heavy atom. The first kappa shape index (κ1) is 13.1. The smallest absolute Gasteiger partial charge is 0.252 e. The van der Waals surface area contributed by atoms with Crippen LogP contribution in [0, 0.1) is 0 Å². The number of aliphatic hydroxyl groups excluding tert-OH is 1. The van der Waals surface area contributed by atoms with Crippen molar-refractivity contribution in [3.63, 3.8) is 0 Å². The third kappa shape index (κ3) is 3.87. The molecule has 4 heteroatoms. The van der Waals surface area contributed by atoms with Gasteiger partial charge in [-0.05, 0) is 25.0 Å². The summed E-state index contributed by atoms with van der Waals surface area (Å²) < 4.78 is 0. The zero-order valence-electron chi connectivity index (χ0n) is 9.31. The normalized spacial score (nSPS) is 12.2. The number of carbonyl (C=O) groups excluding carboxylic acids is 1. The van der Waals surface area contributed by atoms with Gasteiger partial charge in [-0.15, -0.1) is 12.6 Å². The van der Waals surface area contributed by atoms with E-state index in [9.17, 15) is 9.90 Å². The van der Waals surface area contributed by atoms with Gasteiger partial charge in [-0.2, -0.15) is 0 Å². The SMILES string of the molecule is CCC(O)CCNC(=O)c1ccccc1S. The predicted octanol–water partition coefficient (Wildman–Crippen LogP) is 1.87. The average molecular weight is 239 g/mol. The average Bonchev–Trinajstić information content (AvgIpc) is 2.29. The van der Waals surface area contributed by atoms with E-state index in [-0.39, 0.29) is 12.0 Å². The number of aliphatic hydroxyl groups is 1. The second kappa shape index (κ2) is 6.55. The molecule has 0 spiro atoms. The fraction of sp³-hybridized carbons (Fsp3) is 0.417. The standard InChI is InChI=1S/C12H17NO2S/c1-2-9(14)7-8-13-12(15)10-5-3-4-6-11(10)16/h3-6,9,14,16H,2,7-8H2,1H3,(H,13,15). The zero-order valence-corrected chi connectivity index (χ0v) is 10.2. The van der Waals surface area contributed by atoms with Gasteiger partial charge in [0.1, 0.15) is 0 Å². The summed E-state index contributed by atoms with van der Waals surface area (Å²) >= 11 is 4.21. The molecule has 1 aromatic carbocycles. The lowest BCUT2D eigenvalue weighted by atomic mass is 10.2. The van der Waals surface area contributed by atoms with Crippen LogP contribution < -0.4 is 5.32 Å². The Kier molecular flexibility index (Phi) is 5.35. The van der Waals surface area contributed by atoms with Crippen LogP contribution in [0.4, 0.5) is 0 Å². The summed E-state index contributed by atoms with van der Waals surface area (Å²) in [6, 6.07) is 7.14. The molecule has 0 heterocycles. The molecule has 16 heavy (non-hydrogen) atoms. The van der Waals surface area contributed by atoms with E-state index in [2.05, 4.69) is 17.9 Å². The first-order valence-corrected chi connectivity index (χ1v) is 5.84. The van der Waals surface area contributed by atoms with Gasteiger partial charge in [0.2, 0.25) is 0 Å². The van der Waals surface area contributed by atoms with Crippen molar-refractivity contribution < 1.29 is 9.90 Å².